The van der Waals surface area contributed by atoms with E-state index in [1.165, 1.54) is 0 Å². The highest BCUT2D eigenvalue weighted by molar-refractivity contribution is 4.91. The van der Waals surface area contributed by atoms with Gasteiger partial charge in [-0.25, -0.2) is 0 Å². The van der Waals surface area contributed by atoms with Crippen LogP contribution in [0.3, 0.4) is 0 Å². The van der Waals surface area contributed by atoms with E-state index in [1.54, 1.807) is 7.11 Å². The van der Waals surface area contributed by atoms with Crippen LogP contribution < -0.4 is 5.32 Å². The molecule has 78 valence electrons. The fourth-order valence-electron chi connectivity index (χ4n) is 2.22. The van der Waals surface area contributed by atoms with E-state index in [2.05, 4.69) is 5.32 Å². The molecule has 0 aliphatic heterocycles. The van der Waals surface area contributed by atoms with Crippen molar-refractivity contribution >= 4 is 0 Å². The van der Waals surface area contributed by atoms with Gasteiger partial charge in [-0.2, -0.15) is 0 Å². The third kappa shape index (κ3) is 2.66. The predicted molar refractivity (Wildman–Crippen MR) is 52.8 cm³/mol. The van der Waals surface area contributed by atoms with Crippen molar-refractivity contribution in [2.75, 3.05) is 20.8 Å². The molecule has 0 unspecified atom stereocenters. The second-order valence-electron chi connectivity index (χ2n) is 3.94. The van der Waals surface area contributed by atoms with Crippen LogP contribution in [0.5, 0.6) is 0 Å². The quantitative estimate of drug-likeness (QED) is 0.687. The number of aliphatic hydroxyl groups is 1. The molecule has 3 nitrogen and oxygen atoms in total. The van der Waals surface area contributed by atoms with E-state index in [0.29, 0.717) is 6.10 Å². The fourth-order valence-corrected chi connectivity index (χ4v) is 2.22. The lowest BCUT2D eigenvalue weighted by Crippen LogP contribution is -2.47. The minimum atomic E-state index is 0.170. The molecule has 13 heavy (non-hydrogen) atoms. The van der Waals surface area contributed by atoms with Crippen LogP contribution in [0.2, 0.25) is 0 Å². The Balaban J connectivity index is 2.42. The zero-order valence-electron chi connectivity index (χ0n) is 8.68. The molecular weight excluding hydrogens is 166 g/mol. The van der Waals surface area contributed by atoms with E-state index in [-0.39, 0.29) is 12.1 Å². The van der Waals surface area contributed by atoms with Crippen molar-refractivity contribution in [3.05, 3.63) is 0 Å². The van der Waals surface area contributed by atoms with Crippen LogP contribution >= 0.6 is 0 Å². The van der Waals surface area contributed by atoms with Crippen molar-refractivity contribution < 1.29 is 9.84 Å². The van der Waals surface area contributed by atoms with Crippen molar-refractivity contribution in [1.82, 2.24) is 5.32 Å². The summed E-state index contributed by atoms with van der Waals surface area (Å²) in [5.74, 6) is 0. The lowest BCUT2D eigenvalue weighted by atomic mass is 9.78. The first-order chi connectivity index (χ1) is 6.26. The molecule has 0 aromatic rings. The minimum Gasteiger partial charge on any atom is -0.396 e. The Morgan fingerprint density at radius 1 is 1.46 bits per heavy atom. The van der Waals surface area contributed by atoms with Crippen molar-refractivity contribution in [1.29, 1.82) is 0 Å². The molecule has 0 heterocycles. The van der Waals surface area contributed by atoms with Crippen LogP contribution in [0.4, 0.5) is 0 Å². The summed E-state index contributed by atoms with van der Waals surface area (Å²) in [5, 5.41) is 12.3. The maximum atomic E-state index is 8.97. The zero-order valence-corrected chi connectivity index (χ0v) is 8.68. The van der Waals surface area contributed by atoms with Gasteiger partial charge in [0.1, 0.15) is 0 Å². The largest absolute Gasteiger partial charge is 0.396 e. The van der Waals surface area contributed by atoms with E-state index >= 15 is 0 Å². The second kappa shape index (κ2) is 4.94. The number of hydrogen-bond acceptors (Lipinski definition) is 3. The van der Waals surface area contributed by atoms with Crippen molar-refractivity contribution in [2.24, 2.45) is 0 Å². The molecule has 0 aromatic carbocycles. The van der Waals surface area contributed by atoms with Gasteiger partial charge in [-0.3, -0.25) is 0 Å². The summed E-state index contributed by atoms with van der Waals surface area (Å²) in [6, 6.07) is 0. The molecule has 0 bridgehead atoms. The Labute approximate surface area is 80.5 Å². The van der Waals surface area contributed by atoms with Crippen molar-refractivity contribution in [3.63, 3.8) is 0 Å². The molecule has 0 atom stereocenters. The molecule has 0 saturated heterocycles. The molecule has 1 saturated carbocycles. The van der Waals surface area contributed by atoms with Crippen LogP contribution in [-0.4, -0.2) is 37.5 Å². The van der Waals surface area contributed by atoms with Gasteiger partial charge in [-0.1, -0.05) is 0 Å². The van der Waals surface area contributed by atoms with E-state index in [0.717, 1.165) is 32.1 Å². The average Bonchev–Trinajstić information content (AvgIpc) is 2.19. The molecule has 0 radical (unpaired) electrons. The monoisotopic (exact) mass is 187 g/mol. The number of ether oxygens (including phenoxy) is 1. The average molecular weight is 187 g/mol. The van der Waals surface area contributed by atoms with Crippen LogP contribution in [0.15, 0.2) is 0 Å². The number of hydrogen-bond donors (Lipinski definition) is 2. The van der Waals surface area contributed by atoms with Crippen LogP contribution in [0.25, 0.3) is 0 Å². The van der Waals surface area contributed by atoms with E-state index in [1.807, 2.05) is 7.05 Å². The summed E-state index contributed by atoms with van der Waals surface area (Å²) in [7, 11) is 3.77. The smallest absolute Gasteiger partial charge is 0.0572 e. The Bertz CT molecular complexity index is 142. The SMILES string of the molecule is CNC1(CCO)CCC(OC)CC1. The van der Waals surface area contributed by atoms with E-state index in [9.17, 15) is 0 Å². The van der Waals surface area contributed by atoms with Crippen LogP contribution in [0.1, 0.15) is 32.1 Å². The van der Waals surface area contributed by atoms with Gasteiger partial charge in [0.05, 0.1) is 6.10 Å². The third-order valence-corrected chi connectivity index (χ3v) is 3.34. The number of aliphatic hydroxyl groups excluding tert-OH is 1. The molecule has 1 aliphatic carbocycles. The summed E-state index contributed by atoms with van der Waals surface area (Å²) in [6.45, 7) is 0.276. The number of methoxy groups -OCH3 is 1. The summed E-state index contributed by atoms with van der Waals surface area (Å²) in [5.41, 5.74) is 0.170. The van der Waals surface area contributed by atoms with E-state index in [4.69, 9.17) is 9.84 Å². The van der Waals surface area contributed by atoms with Gasteiger partial charge in [0.15, 0.2) is 0 Å². The molecule has 0 aromatic heterocycles. The Morgan fingerprint density at radius 2 is 2.08 bits per heavy atom. The summed E-state index contributed by atoms with van der Waals surface area (Å²) in [4.78, 5) is 0. The summed E-state index contributed by atoms with van der Waals surface area (Å²) in [6.07, 6.45) is 5.74. The Kier molecular flexibility index (Phi) is 4.16. The molecule has 1 aliphatic rings. The molecule has 2 N–H and O–H groups in total. The highest BCUT2D eigenvalue weighted by Crippen LogP contribution is 2.31. The standard InChI is InChI=1S/C10H21NO2/c1-11-10(7-8-12)5-3-9(13-2)4-6-10/h9,11-12H,3-8H2,1-2H3. The predicted octanol–water partition coefficient (Wildman–Crippen LogP) is 0.916. The van der Waals surface area contributed by atoms with Gasteiger partial charge in [0.2, 0.25) is 0 Å². The van der Waals surface area contributed by atoms with Crippen LogP contribution in [0, 0.1) is 0 Å². The Hall–Kier alpha value is -0.120. The number of nitrogens with one attached hydrogen (secondary N) is 1. The minimum absolute atomic E-state index is 0.170. The van der Waals surface area contributed by atoms with Crippen molar-refractivity contribution in [3.8, 4) is 0 Å². The first-order valence-electron chi connectivity index (χ1n) is 5.09. The van der Waals surface area contributed by atoms with Gasteiger partial charge >= 0.3 is 0 Å². The van der Waals surface area contributed by atoms with Gasteiger partial charge in [0, 0.05) is 19.3 Å². The molecular formula is C10H21NO2. The Morgan fingerprint density at radius 3 is 2.46 bits per heavy atom. The molecule has 3 heteroatoms. The van der Waals surface area contributed by atoms with Crippen LogP contribution in [-0.2, 0) is 4.74 Å². The highest BCUT2D eigenvalue weighted by atomic mass is 16.5. The summed E-state index contributed by atoms with van der Waals surface area (Å²) >= 11 is 0. The third-order valence-electron chi connectivity index (χ3n) is 3.34. The maximum Gasteiger partial charge on any atom is 0.0572 e. The molecule has 1 rings (SSSR count). The first kappa shape index (κ1) is 11.0. The van der Waals surface area contributed by atoms with Crippen molar-refractivity contribution in [2.45, 2.75) is 43.7 Å². The maximum absolute atomic E-state index is 8.97. The molecule has 0 spiro atoms. The summed E-state index contributed by atoms with van der Waals surface area (Å²) < 4.78 is 5.32. The normalized spacial score (nSPS) is 34.8. The lowest BCUT2D eigenvalue weighted by Gasteiger charge is -2.39. The highest BCUT2D eigenvalue weighted by Gasteiger charge is 2.33. The second-order valence-corrected chi connectivity index (χ2v) is 3.94. The fraction of sp³-hybridized carbons (Fsp3) is 1.00. The van der Waals surface area contributed by atoms with Gasteiger partial charge in [-0.05, 0) is 39.2 Å². The van der Waals surface area contributed by atoms with Gasteiger partial charge in [-0.15, -0.1) is 0 Å². The zero-order chi connectivity index (χ0) is 9.73. The van der Waals surface area contributed by atoms with E-state index < -0.39 is 0 Å². The topological polar surface area (TPSA) is 41.5 Å². The lowest BCUT2D eigenvalue weighted by molar-refractivity contribution is 0.0365. The van der Waals surface area contributed by atoms with Gasteiger partial charge in [0.25, 0.3) is 0 Å². The first-order valence-corrected chi connectivity index (χ1v) is 5.09. The number of rotatable bonds is 4. The van der Waals surface area contributed by atoms with Gasteiger partial charge < -0.3 is 15.2 Å². The molecule has 1 fully saturated rings. The molecule has 0 amide bonds.